The molecule has 5 heteroatoms. The summed E-state index contributed by atoms with van der Waals surface area (Å²) in [6.07, 6.45) is 5.33. The molecule has 0 bridgehead atoms. The summed E-state index contributed by atoms with van der Waals surface area (Å²) in [4.78, 5) is 11.8. The highest BCUT2D eigenvalue weighted by molar-refractivity contribution is 5.71. The van der Waals surface area contributed by atoms with Crippen molar-refractivity contribution in [3.63, 3.8) is 0 Å². The zero-order valence-electron chi connectivity index (χ0n) is 11.8. The minimum Gasteiger partial charge on any atom is -0.358 e. The van der Waals surface area contributed by atoms with Crippen LogP contribution in [0.15, 0.2) is 18.3 Å². The number of likely N-dealkylation sites (tertiary alicyclic amines) is 1. The van der Waals surface area contributed by atoms with Crippen molar-refractivity contribution in [1.29, 1.82) is 0 Å². The van der Waals surface area contributed by atoms with Crippen molar-refractivity contribution < 1.29 is 4.74 Å². The molecule has 4 rings (SSSR count). The Labute approximate surface area is 118 Å². The molecule has 0 saturated carbocycles. The number of fused-ring (bicyclic) bond motifs is 1. The quantitative estimate of drug-likeness (QED) is 0.840. The van der Waals surface area contributed by atoms with E-state index in [1.807, 2.05) is 12.3 Å². The monoisotopic (exact) mass is 272 g/mol. The van der Waals surface area contributed by atoms with E-state index in [1.54, 1.807) is 0 Å². The summed E-state index contributed by atoms with van der Waals surface area (Å²) in [6.45, 7) is 3.07. The molecule has 0 N–H and O–H groups in total. The maximum absolute atomic E-state index is 5.90. The second-order valence-electron chi connectivity index (χ2n) is 5.90. The van der Waals surface area contributed by atoms with Crippen molar-refractivity contribution in [2.24, 2.45) is 0 Å². The summed E-state index contributed by atoms with van der Waals surface area (Å²) in [6, 6.07) is 4.01. The Hall–Kier alpha value is -1.46. The summed E-state index contributed by atoms with van der Waals surface area (Å²) < 4.78 is 8.16. The maximum Gasteiger partial charge on any atom is 0.162 e. The molecule has 2 unspecified atom stereocenters. The molecular weight excluding hydrogens is 252 g/mol. The Bertz CT molecular complexity index is 617. The molecule has 2 aliphatic heterocycles. The summed E-state index contributed by atoms with van der Waals surface area (Å²) in [5, 5.41) is 0. The number of hydrogen-bond donors (Lipinski definition) is 0. The average molecular weight is 272 g/mol. The van der Waals surface area contributed by atoms with Gasteiger partial charge in [-0.05, 0) is 45.0 Å². The highest BCUT2D eigenvalue weighted by Gasteiger charge is 2.30. The molecule has 2 aliphatic rings. The number of imidazole rings is 1. The normalized spacial score (nSPS) is 27.6. The van der Waals surface area contributed by atoms with Gasteiger partial charge in [0, 0.05) is 25.3 Å². The van der Waals surface area contributed by atoms with Gasteiger partial charge in [-0.3, -0.25) is 4.57 Å². The lowest BCUT2D eigenvalue weighted by molar-refractivity contribution is 0.0563. The number of aromatic nitrogens is 3. The van der Waals surface area contributed by atoms with Crippen LogP contribution in [0.3, 0.4) is 0 Å². The van der Waals surface area contributed by atoms with Gasteiger partial charge < -0.3 is 9.64 Å². The first-order valence-electron chi connectivity index (χ1n) is 7.46. The molecule has 0 aromatic carbocycles. The van der Waals surface area contributed by atoms with Crippen LogP contribution in [0.5, 0.6) is 0 Å². The lowest BCUT2D eigenvalue weighted by Crippen LogP contribution is -2.18. The number of pyridine rings is 1. The molecule has 4 heterocycles. The van der Waals surface area contributed by atoms with Crippen LogP contribution in [0.1, 0.15) is 37.2 Å². The van der Waals surface area contributed by atoms with Gasteiger partial charge in [0.05, 0.1) is 0 Å². The fourth-order valence-corrected chi connectivity index (χ4v) is 3.43. The summed E-state index contributed by atoms with van der Waals surface area (Å²) in [7, 11) is 2.18. The highest BCUT2D eigenvalue weighted by Crippen LogP contribution is 2.34. The van der Waals surface area contributed by atoms with Crippen LogP contribution in [0.4, 0.5) is 0 Å². The van der Waals surface area contributed by atoms with E-state index >= 15 is 0 Å². The largest absolute Gasteiger partial charge is 0.358 e. The molecule has 2 aromatic rings. The lowest BCUT2D eigenvalue weighted by Gasteiger charge is -2.18. The minimum absolute atomic E-state index is 0.121. The van der Waals surface area contributed by atoms with Crippen molar-refractivity contribution in [3.05, 3.63) is 24.2 Å². The molecular formula is C15H20N4O. The van der Waals surface area contributed by atoms with Crippen molar-refractivity contribution in [3.8, 4) is 0 Å². The molecule has 2 saturated heterocycles. The topological polar surface area (TPSA) is 43.2 Å². The SMILES string of the molecule is CN1CCC(c2nc3cccnc3n2C2CCCO2)C1. The van der Waals surface area contributed by atoms with Gasteiger partial charge in [-0.15, -0.1) is 0 Å². The Kier molecular flexibility index (Phi) is 2.97. The predicted octanol–water partition coefficient (Wildman–Crippen LogP) is 2.16. The highest BCUT2D eigenvalue weighted by atomic mass is 16.5. The summed E-state index contributed by atoms with van der Waals surface area (Å²) >= 11 is 0. The van der Waals surface area contributed by atoms with E-state index in [1.165, 1.54) is 6.42 Å². The zero-order chi connectivity index (χ0) is 13.5. The average Bonchev–Trinajstić information content (AvgIpc) is 3.15. The standard InChI is InChI=1S/C15H20N4O/c1-18-8-6-11(10-18)14-17-12-4-2-7-16-15(12)19(14)13-5-3-9-20-13/h2,4,7,11,13H,3,5-6,8-10H2,1H3. The molecule has 0 amide bonds. The third-order valence-corrected chi connectivity index (χ3v) is 4.43. The van der Waals surface area contributed by atoms with E-state index in [0.29, 0.717) is 5.92 Å². The smallest absolute Gasteiger partial charge is 0.162 e. The maximum atomic E-state index is 5.90. The van der Waals surface area contributed by atoms with Crippen LogP contribution >= 0.6 is 0 Å². The Morgan fingerprint density at radius 3 is 3.05 bits per heavy atom. The Balaban J connectivity index is 1.83. The Morgan fingerprint density at radius 2 is 2.30 bits per heavy atom. The van der Waals surface area contributed by atoms with Crippen LogP contribution in [0.2, 0.25) is 0 Å². The first-order chi connectivity index (χ1) is 9.83. The van der Waals surface area contributed by atoms with Gasteiger partial charge in [-0.2, -0.15) is 0 Å². The molecule has 0 aliphatic carbocycles. The molecule has 0 spiro atoms. The van der Waals surface area contributed by atoms with Gasteiger partial charge in [-0.1, -0.05) is 0 Å². The summed E-state index contributed by atoms with van der Waals surface area (Å²) in [5.41, 5.74) is 1.97. The van der Waals surface area contributed by atoms with Crippen molar-refractivity contribution >= 4 is 11.2 Å². The van der Waals surface area contributed by atoms with Crippen molar-refractivity contribution in [1.82, 2.24) is 19.4 Å². The van der Waals surface area contributed by atoms with Crippen molar-refractivity contribution in [2.45, 2.75) is 31.4 Å². The lowest BCUT2D eigenvalue weighted by atomic mass is 10.1. The molecule has 5 nitrogen and oxygen atoms in total. The zero-order valence-corrected chi connectivity index (χ0v) is 11.8. The van der Waals surface area contributed by atoms with Gasteiger partial charge in [-0.25, -0.2) is 9.97 Å². The predicted molar refractivity (Wildman–Crippen MR) is 76.6 cm³/mol. The second kappa shape index (κ2) is 4.82. The first-order valence-corrected chi connectivity index (χ1v) is 7.46. The fourth-order valence-electron chi connectivity index (χ4n) is 3.43. The second-order valence-corrected chi connectivity index (χ2v) is 5.90. The number of nitrogens with zero attached hydrogens (tertiary/aromatic N) is 4. The molecule has 20 heavy (non-hydrogen) atoms. The number of likely N-dealkylation sites (N-methyl/N-ethyl adjacent to an activating group) is 1. The molecule has 2 aromatic heterocycles. The van der Waals surface area contributed by atoms with E-state index in [0.717, 1.165) is 49.5 Å². The number of hydrogen-bond acceptors (Lipinski definition) is 4. The molecule has 106 valence electrons. The van der Waals surface area contributed by atoms with Crippen LogP contribution in [0.25, 0.3) is 11.2 Å². The number of ether oxygens (including phenoxy) is 1. The summed E-state index contributed by atoms with van der Waals surface area (Å²) in [5.74, 6) is 1.66. The molecule has 2 fully saturated rings. The molecule has 2 atom stereocenters. The van der Waals surface area contributed by atoms with E-state index in [9.17, 15) is 0 Å². The van der Waals surface area contributed by atoms with E-state index in [-0.39, 0.29) is 6.23 Å². The van der Waals surface area contributed by atoms with Crippen LogP contribution in [-0.2, 0) is 4.74 Å². The van der Waals surface area contributed by atoms with E-state index < -0.39 is 0 Å². The van der Waals surface area contributed by atoms with Crippen LogP contribution in [0, 0.1) is 0 Å². The van der Waals surface area contributed by atoms with Gasteiger partial charge in [0.25, 0.3) is 0 Å². The van der Waals surface area contributed by atoms with Crippen LogP contribution in [-0.4, -0.2) is 46.2 Å². The Morgan fingerprint density at radius 1 is 1.35 bits per heavy atom. The fraction of sp³-hybridized carbons (Fsp3) is 0.600. The third kappa shape index (κ3) is 1.93. The van der Waals surface area contributed by atoms with E-state index in [2.05, 4.69) is 27.6 Å². The molecule has 0 radical (unpaired) electrons. The van der Waals surface area contributed by atoms with Gasteiger partial charge in [0.2, 0.25) is 0 Å². The van der Waals surface area contributed by atoms with E-state index in [4.69, 9.17) is 9.72 Å². The van der Waals surface area contributed by atoms with Gasteiger partial charge in [0.15, 0.2) is 5.65 Å². The minimum atomic E-state index is 0.121. The van der Waals surface area contributed by atoms with Gasteiger partial charge >= 0.3 is 0 Å². The van der Waals surface area contributed by atoms with Gasteiger partial charge in [0.1, 0.15) is 17.6 Å². The first kappa shape index (κ1) is 12.3. The van der Waals surface area contributed by atoms with Crippen LogP contribution < -0.4 is 0 Å². The third-order valence-electron chi connectivity index (χ3n) is 4.43. The van der Waals surface area contributed by atoms with Crippen molar-refractivity contribution in [2.75, 3.05) is 26.7 Å². The number of rotatable bonds is 2.